The molecule has 2 aromatic rings. The molecule has 0 N–H and O–H groups in total. The molecule has 24 heavy (non-hydrogen) atoms. The second-order valence-electron chi connectivity index (χ2n) is 5.72. The second kappa shape index (κ2) is 7.23. The fourth-order valence-corrected chi connectivity index (χ4v) is 3.94. The first kappa shape index (κ1) is 18.3. The van der Waals surface area contributed by atoms with Crippen molar-refractivity contribution < 1.29 is 17.9 Å². The number of hydrogen-bond donors (Lipinski definition) is 0. The highest BCUT2D eigenvalue weighted by molar-refractivity contribution is 7.89. The van der Waals surface area contributed by atoms with Crippen molar-refractivity contribution in [2.45, 2.75) is 25.3 Å². The maximum atomic E-state index is 12.9. The van der Waals surface area contributed by atoms with Crippen LogP contribution in [0.2, 0.25) is 0 Å². The average Bonchev–Trinajstić information content (AvgIpc) is 2.56. The van der Waals surface area contributed by atoms with Crippen LogP contribution in [0.1, 0.15) is 16.7 Å². The Morgan fingerprint density at radius 3 is 2.25 bits per heavy atom. The minimum atomic E-state index is -3.56. The zero-order valence-corrected chi connectivity index (χ0v) is 15.5. The monoisotopic (exact) mass is 349 g/mol. The van der Waals surface area contributed by atoms with E-state index in [1.807, 2.05) is 25.1 Å². The second-order valence-corrected chi connectivity index (χ2v) is 7.73. The molecule has 0 aliphatic heterocycles. The summed E-state index contributed by atoms with van der Waals surface area (Å²) in [5.74, 6) is 1.19. The summed E-state index contributed by atoms with van der Waals surface area (Å²) in [6.45, 7) is 3.93. The minimum Gasteiger partial charge on any atom is -0.493 e. The Hall–Kier alpha value is -2.05. The smallest absolute Gasteiger partial charge is 0.243 e. The molecule has 5 nitrogen and oxygen atoms in total. The van der Waals surface area contributed by atoms with Gasteiger partial charge in [0.15, 0.2) is 11.5 Å². The third-order valence-electron chi connectivity index (χ3n) is 3.89. The van der Waals surface area contributed by atoms with Crippen LogP contribution in [0.4, 0.5) is 0 Å². The first-order chi connectivity index (χ1) is 11.3. The lowest BCUT2D eigenvalue weighted by Crippen LogP contribution is -2.27. The van der Waals surface area contributed by atoms with Crippen molar-refractivity contribution in [2.24, 2.45) is 0 Å². The fraction of sp³-hybridized carbons (Fsp3) is 0.333. The molecule has 2 aromatic carbocycles. The Kier molecular flexibility index (Phi) is 5.51. The Balaban J connectivity index is 2.31. The lowest BCUT2D eigenvalue weighted by Gasteiger charge is -2.19. The van der Waals surface area contributed by atoms with E-state index in [1.54, 1.807) is 46.4 Å². The predicted molar refractivity (Wildman–Crippen MR) is 94.1 cm³/mol. The van der Waals surface area contributed by atoms with Crippen molar-refractivity contribution in [3.63, 3.8) is 0 Å². The number of nitrogens with zero attached hydrogens (tertiary/aromatic N) is 1. The molecule has 2 rings (SSSR count). The van der Waals surface area contributed by atoms with Gasteiger partial charge in [0.1, 0.15) is 0 Å². The van der Waals surface area contributed by atoms with Gasteiger partial charge >= 0.3 is 0 Å². The first-order valence-electron chi connectivity index (χ1n) is 7.54. The SMILES string of the molecule is COc1ccc(CN(C)S(=O)(=O)c2cc(C)ccc2C)cc1OC. The predicted octanol–water partition coefficient (Wildman–Crippen LogP) is 3.14. The lowest BCUT2D eigenvalue weighted by atomic mass is 10.2. The van der Waals surface area contributed by atoms with E-state index < -0.39 is 10.0 Å². The Morgan fingerprint density at radius 1 is 0.958 bits per heavy atom. The van der Waals surface area contributed by atoms with E-state index in [0.29, 0.717) is 16.4 Å². The van der Waals surface area contributed by atoms with Crippen LogP contribution in [0.25, 0.3) is 0 Å². The topological polar surface area (TPSA) is 55.8 Å². The highest BCUT2D eigenvalue weighted by Gasteiger charge is 2.23. The van der Waals surface area contributed by atoms with Crippen LogP contribution in [0.5, 0.6) is 11.5 Å². The van der Waals surface area contributed by atoms with E-state index in [2.05, 4.69) is 0 Å². The molecule has 0 bridgehead atoms. The number of rotatable bonds is 6. The number of hydrogen-bond acceptors (Lipinski definition) is 4. The summed E-state index contributed by atoms with van der Waals surface area (Å²) in [5.41, 5.74) is 2.47. The van der Waals surface area contributed by atoms with Crippen molar-refractivity contribution in [1.29, 1.82) is 0 Å². The summed E-state index contributed by atoms with van der Waals surface area (Å²) < 4.78 is 37.5. The number of methoxy groups -OCH3 is 2. The van der Waals surface area contributed by atoms with Crippen LogP contribution < -0.4 is 9.47 Å². The minimum absolute atomic E-state index is 0.246. The number of aryl methyl sites for hydroxylation is 2. The zero-order valence-electron chi connectivity index (χ0n) is 14.7. The summed E-state index contributed by atoms with van der Waals surface area (Å²) in [7, 11) is 1.13. The van der Waals surface area contributed by atoms with E-state index in [1.165, 1.54) is 4.31 Å². The average molecular weight is 349 g/mol. The molecule has 6 heteroatoms. The highest BCUT2D eigenvalue weighted by Crippen LogP contribution is 2.29. The van der Waals surface area contributed by atoms with Crippen molar-refractivity contribution in [1.82, 2.24) is 4.31 Å². The quantitative estimate of drug-likeness (QED) is 0.804. The van der Waals surface area contributed by atoms with Crippen LogP contribution >= 0.6 is 0 Å². The van der Waals surface area contributed by atoms with Gasteiger partial charge in [-0.3, -0.25) is 0 Å². The number of sulfonamides is 1. The summed E-state index contributed by atoms with van der Waals surface area (Å²) in [4.78, 5) is 0.338. The number of ether oxygens (including phenoxy) is 2. The van der Waals surface area contributed by atoms with E-state index in [4.69, 9.17) is 9.47 Å². The normalized spacial score (nSPS) is 11.6. The molecular weight excluding hydrogens is 326 g/mol. The zero-order chi connectivity index (χ0) is 17.9. The molecule has 0 heterocycles. The van der Waals surface area contributed by atoms with Gasteiger partial charge in [0.2, 0.25) is 10.0 Å². The van der Waals surface area contributed by atoms with Gasteiger partial charge in [0.25, 0.3) is 0 Å². The summed E-state index contributed by atoms with van der Waals surface area (Å²) in [6, 6.07) is 10.8. The van der Waals surface area contributed by atoms with Gasteiger partial charge in [0, 0.05) is 13.6 Å². The van der Waals surface area contributed by atoms with Gasteiger partial charge in [0.05, 0.1) is 19.1 Å². The molecule has 0 fully saturated rings. The largest absolute Gasteiger partial charge is 0.493 e. The fourth-order valence-electron chi connectivity index (χ4n) is 2.47. The third-order valence-corrected chi connectivity index (χ3v) is 5.83. The standard InChI is InChI=1S/C18H23NO4S/c1-13-6-7-14(2)18(10-13)24(20,21)19(3)12-15-8-9-16(22-4)17(11-15)23-5/h6-11H,12H2,1-5H3. The third kappa shape index (κ3) is 3.71. The Morgan fingerprint density at radius 2 is 1.62 bits per heavy atom. The summed E-state index contributed by atoms with van der Waals surface area (Å²) in [5, 5.41) is 0. The molecule has 0 aromatic heterocycles. The Bertz CT molecular complexity index is 831. The molecule has 0 saturated heterocycles. The lowest BCUT2D eigenvalue weighted by molar-refractivity contribution is 0.354. The van der Waals surface area contributed by atoms with Crippen LogP contribution in [0, 0.1) is 13.8 Å². The van der Waals surface area contributed by atoms with Gasteiger partial charge in [-0.15, -0.1) is 0 Å². The van der Waals surface area contributed by atoms with Gasteiger partial charge in [-0.2, -0.15) is 4.31 Å². The van der Waals surface area contributed by atoms with Crippen molar-refractivity contribution in [3.8, 4) is 11.5 Å². The van der Waals surface area contributed by atoms with E-state index in [9.17, 15) is 8.42 Å². The molecule has 130 valence electrons. The number of benzene rings is 2. The molecule has 0 aliphatic carbocycles. The van der Waals surface area contributed by atoms with Crippen LogP contribution in [-0.2, 0) is 16.6 Å². The van der Waals surface area contributed by atoms with Crippen molar-refractivity contribution >= 4 is 10.0 Å². The Labute approximate surface area is 143 Å². The van der Waals surface area contributed by atoms with Crippen molar-refractivity contribution in [2.75, 3.05) is 21.3 Å². The summed E-state index contributed by atoms with van der Waals surface area (Å²) >= 11 is 0. The van der Waals surface area contributed by atoms with Gasteiger partial charge in [-0.25, -0.2) is 8.42 Å². The van der Waals surface area contributed by atoms with Gasteiger partial charge in [-0.1, -0.05) is 18.2 Å². The molecule has 0 aliphatic rings. The van der Waals surface area contributed by atoms with Gasteiger partial charge in [-0.05, 0) is 48.7 Å². The van der Waals surface area contributed by atoms with E-state index >= 15 is 0 Å². The van der Waals surface area contributed by atoms with Crippen LogP contribution in [-0.4, -0.2) is 34.0 Å². The molecule has 0 radical (unpaired) electrons. The van der Waals surface area contributed by atoms with Crippen LogP contribution in [0.15, 0.2) is 41.3 Å². The first-order valence-corrected chi connectivity index (χ1v) is 8.98. The molecular formula is C18H23NO4S. The maximum Gasteiger partial charge on any atom is 0.243 e. The van der Waals surface area contributed by atoms with E-state index in [-0.39, 0.29) is 6.54 Å². The van der Waals surface area contributed by atoms with Crippen molar-refractivity contribution in [3.05, 3.63) is 53.1 Å². The molecule has 0 amide bonds. The summed E-state index contributed by atoms with van der Waals surface area (Å²) in [6.07, 6.45) is 0. The molecule has 0 saturated carbocycles. The molecule has 0 unspecified atom stereocenters. The highest BCUT2D eigenvalue weighted by atomic mass is 32.2. The van der Waals surface area contributed by atoms with Gasteiger partial charge < -0.3 is 9.47 Å². The molecule has 0 spiro atoms. The molecule has 0 atom stereocenters. The van der Waals surface area contributed by atoms with Crippen LogP contribution in [0.3, 0.4) is 0 Å². The maximum absolute atomic E-state index is 12.9. The van der Waals surface area contributed by atoms with E-state index in [0.717, 1.165) is 16.7 Å².